The maximum Gasteiger partial charge on any atom is 0.407 e. The van der Waals surface area contributed by atoms with Gasteiger partial charge in [-0.2, -0.15) is 0 Å². The SMILES string of the molecule is O=C(O)N1CC(Oc2cncc(-c3cc(OCc4ccccn4)nc4c3CCCC4)c2)C1. The largest absolute Gasteiger partial charge is 0.485 e. The van der Waals surface area contributed by atoms with Gasteiger partial charge in [-0.15, -0.1) is 0 Å². The van der Waals surface area contributed by atoms with Crippen LogP contribution in [-0.4, -0.2) is 50.2 Å². The highest BCUT2D eigenvalue weighted by atomic mass is 16.5. The van der Waals surface area contributed by atoms with Crippen molar-refractivity contribution < 1.29 is 19.4 Å². The zero-order valence-electron chi connectivity index (χ0n) is 17.6. The zero-order valence-corrected chi connectivity index (χ0v) is 17.6. The zero-order chi connectivity index (χ0) is 21.9. The number of aryl methyl sites for hydroxylation is 1. The lowest BCUT2D eigenvalue weighted by atomic mass is 9.90. The molecule has 0 bridgehead atoms. The number of carboxylic acid groups (broad SMARTS) is 1. The maximum absolute atomic E-state index is 11.0. The van der Waals surface area contributed by atoms with Crippen LogP contribution in [0.2, 0.25) is 0 Å². The molecule has 3 aromatic heterocycles. The Morgan fingerprint density at radius 2 is 2.03 bits per heavy atom. The molecule has 0 spiro atoms. The lowest BCUT2D eigenvalue weighted by Crippen LogP contribution is -2.55. The van der Waals surface area contributed by atoms with Crippen molar-refractivity contribution >= 4 is 6.09 Å². The fourth-order valence-corrected chi connectivity index (χ4v) is 4.13. The fourth-order valence-electron chi connectivity index (χ4n) is 4.13. The summed E-state index contributed by atoms with van der Waals surface area (Å²) in [6.07, 6.45) is 8.32. The van der Waals surface area contributed by atoms with Gasteiger partial charge in [-0.3, -0.25) is 9.97 Å². The summed E-state index contributed by atoms with van der Waals surface area (Å²) in [6.45, 7) is 1.10. The third-order valence-corrected chi connectivity index (χ3v) is 5.82. The Hall–Kier alpha value is -3.68. The van der Waals surface area contributed by atoms with Crippen LogP contribution in [0.15, 0.2) is 48.9 Å². The Bertz CT molecular complexity index is 1120. The van der Waals surface area contributed by atoms with Crippen LogP contribution in [0.1, 0.15) is 29.8 Å². The highest BCUT2D eigenvalue weighted by Crippen LogP contribution is 2.35. The fraction of sp³-hybridized carbons (Fsp3) is 0.333. The Kier molecular flexibility index (Phi) is 5.58. The van der Waals surface area contributed by atoms with Crippen molar-refractivity contribution in [1.29, 1.82) is 0 Å². The average Bonchev–Trinajstić information content (AvgIpc) is 2.80. The number of amides is 1. The number of hydrogen-bond donors (Lipinski definition) is 1. The Balaban J connectivity index is 1.39. The molecular weight excluding hydrogens is 408 g/mol. The van der Waals surface area contributed by atoms with Crippen molar-refractivity contribution in [2.45, 2.75) is 38.4 Å². The van der Waals surface area contributed by atoms with Gasteiger partial charge in [0.15, 0.2) is 0 Å². The standard InChI is InChI=1S/C24H24N4O4/c29-24(30)28-13-19(14-28)32-18-9-16(11-25-12-18)21-10-23(27-22-7-2-1-6-20(21)22)31-15-17-5-3-4-8-26-17/h3-5,8-12,19H,1-2,6-7,13-15H2,(H,29,30). The van der Waals surface area contributed by atoms with E-state index in [-0.39, 0.29) is 6.10 Å². The summed E-state index contributed by atoms with van der Waals surface area (Å²) in [5.74, 6) is 1.21. The van der Waals surface area contributed by atoms with Crippen LogP contribution in [0.4, 0.5) is 4.79 Å². The second kappa shape index (κ2) is 8.82. The highest BCUT2D eigenvalue weighted by Gasteiger charge is 2.32. The smallest absolute Gasteiger partial charge is 0.407 e. The van der Waals surface area contributed by atoms with Gasteiger partial charge in [0.2, 0.25) is 5.88 Å². The number of aromatic nitrogens is 3. The lowest BCUT2D eigenvalue weighted by Gasteiger charge is -2.36. The number of nitrogens with zero attached hydrogens (tertiary/aromatic N) is 4. The maximum atomic E-state index is 11.0. The summed E-state index contributed by atoms with van der Waals surface area (Å²) in [4.78, 5) is 25.7. The summed E-state index contributed by atoms with van der Waals surface area (Å²) in [6, 6.07) is 9.68. The van der Waals surface area contributed by atoms with Crippen LogP contribution in [-0.2, 0) is 19.4 Å². The number of pyridine rings is 3. The van der Waals surface area contributed by atoms with Crippen LogP contribution in [0.5, 0.6) is 11.6 Å². The average molecular weight is 432 g/mol. The van der Waals surface area contributed by atoms with E-state index in [1.54, 1.807) is 12.4 Å². The topological polar surface area (TPSA) is 97.7 Å². The molecular formula is C24H24N4O4. The quantitative estimate of drug-likeness (QED) is 0.634. The van der Waals surface area contributed by atoms with Crippen molar-refractivity contribution in [3.05, 3.63) is 65.9 Å². The van der Waals surface area contributed by atoms with Gasteiger partial charge in [0.1, 0.15) is 18.5 Å². The highest BCUT2D eigenvalue weighted by molar-refractivity contribution is 5.70. The van der Waals surface area contributed by atoms with Crippen LogP contribution in [0.3, 0.4) is 0 Å². The molecule has 0 atom stereocenters. The molecule has 0 unspecified atom stereocenters. The number of carbonyl (C=O) groups is 1. The van der Waals surface area contributed by atoms with Gasteiger partial charge in [0.25, 0.3) is 0 Å². The van der Waals surface area contributed by atoms with Gasteiger partial charge in [-0.05, 0) is 55.0 Å². The predicted octanol–water partition coefficient (Wildman–Crippen LogP) is 3.74. The summed E-state index contributed by atoms with van der Waals surface area (Å²) in [7, 11) is 0. The molecule has 1 fully saturated rings. The van der Waals surface area contributed by atoms with Gasteiger partial charge < -0.3 is 19.5 Å². The van der Waals surface area contributed by atoms with Crippen molar-refractivity contribution in [1.82, 2.24) is 19.9 Å². The first-order valence-electron chi connectivity index (χ1n) is 10.8. The Morgan fingerprint density at radius 1 is 1.16 bits per heavy atom. The molecule has 1 amide bonds. The van der Waals surface area contributed by atoms with Gasteiger partial charge in [-0.25, -0.2) is 9.78 Å². The lowest BCUT2D eigenvalue weighted by molar-refractivity contribution is 0.0250. The molecule has 3 aromatic rings. The minimum absolute atomic E-state index is 0.147. The third-order valence-electron chi connectivity index (χ3n) is 5.82. The number of rotatable bonds is 6. The van der Waals surface area contributed by atoms with E-state index in [1.165, 1.54) is 10.5 Å². The van der Waals surface area contributed by atoms with Gasteiger partial charge in [0.05, 0.1) is 25.0 Å². The second-order valence-electron chi connectivity index (χ2n) is 8.09. The molecule has 1 aliphatic carbocycles. The molecule has 164 valence electrons. The van der Waals surface area contributed by atoms with Gasteiger partial charge >= 0.3 is 6.09 Å². The van der Waals surface area contributed by atoms with Gasteiger partial charge in [-0.1, -0.05) is 6.07 Å². The molecule has 8 nitrogen and oxygen atoms in total. The number of ether oxygens (including phenoxy) is 2. The third kappa shape index (κ3) is 4.34. The van der Waals surface area contributed by atoms with Crippen LogP contribution < -0.4 is 9.47 Å². The van der Waals surface area contributed by atoms with E-state index in [0.29, 0.717) is 31.3 Å². The van der Waals surface area contributed by atoms with Crippen LogP contribution >= 0.6 is 0 Å². The molecule has 32 heavy (non-hydrogen) atoms. The van der Waals surface area contributed by atoms with E-state index in [2.05, 4.69) is 9.97 Å². The van der Waals surface area contributed by atoms with E-state index in [4.69, 9.17) is 19.6 Å². The second-order valence-corrected chi connectivity index (χ2v) is 8.09. The van der Waals surface area contributed by atoms with E-state index in [0.717, 1.165) is 48.2 Å². The van der Waals surface area contributed by atoms with Crippen molar-refractivity contribution in [2.75, 3.05) is 13.1 Å². The molecule has 1 N–H and O–H groups in total. The minimum Gasteiger partial charge on any atom is -0.485 e. The van der Waals surface area contributed by atoms with E-state index in [1.807, 2.05) is 36.5 Å². The molecule has 1 saturated heterocycles. The van der Waals surface area contributed by atoms with E-state index < -0.39 is 6.09 Å². The van der Waals surface area contributed by atoms with Gasteiger partial charge in [0, 0.05) is 29.7 Å². The summed E-state index contributed by atoms with van der Waals surface area (Å²) in [5, 5.41) is 9.00. The molecule has 4 heterocycles. The summed E-state index contributed by atoms with van der Waals surface area (Å²) < 4.78 is 11.9. The minimum atomic E-state index is -0.918. The molecule has 2 aliphatic rings. The number of likely N-dealkylation sites (tertiary alicyclic amines) is 1. The predicted molar refractivity (Wildman–Crippen MR) is 117 cm³/mol. The first-order chi connectivity index (χ1) is 15.7. The first-order valence-corrected chi connectivity index (χ1v) is 10.8. The van der Waals surface area contributed by atoms with Crippen molar-refractivity contribution in [3.63, 3.8) is 0 Å². The molecule has 0 aromatic carbocycles. The van der Waals surface area contributed by atoms with E-state index >= 15 is 0 Å². The molecule has 1 aliphatic heterocycles. The Morgan fingerprint density at radius 3 is 2.84 bits per heavy atom. The normalized spacial score (nSPS) is 15.6. The summed E-state index contributed by atoms with van der Waals surface area (Å²) >= 11 is 0. The van der Waals surface area contributed by atoms with E-state index in [9.17, 15) is 4.79 Å². The number of hydrogen-bond acceptors (Lipinski definition) is 6. The van der Waals surface area contributed by atoms with Crippen LogP contribution in [0.25, 0.3) is 11.1 Å². The molecule has 0 radical (unpaired) electrons. The molecule has 0 saturated carbocycles. The molecule has 5 rings (SSSR count). The van der Waals surface area contributed by atoms with Crippen LogP contribution in [0, 0.1) is 0 Å². The monoisotopic (exact) mass is 432 g/mol. The molecule has 8 heteroatoms. The Labute approximate surface area is 185 Å². The van der Waals surface area contributed by atoms with Crippen molar-refractivity contribution in [2.24, 2.45) is 0 Å². The number of fused-ring (bicyclic) bond motifs is 1. The first kappa shape index (κ1) is 20.2. The summed E-state index contributed by atoms with van der Waals surface area (Å²) in [5.41, 5.74) is 5.17. The van der Waals surface area contributed by atoms with Crippen molar-refractivity contribution in [3.8, 4) is 22.8 Å².